The van der Waals surface area contributed by atoms with Crippen LogP contribution < -0.4 is 10.6 Å². The van der Waals surface area contributed by atoms with Gasteiger partial charge < -0.3 is 5.32 Å². The number of thioether (sulfide) groups is 1. The van der Waals surface area contributed by atoms with Crippen LogP contribution in [0.15, 0.2) is 0 Å². The van der Waals surface area contributed by atoms with Crippen LogP contribution in [-0.4, -0.2) is 23.5 Å². The van der Waals surface area contributed by atoms with E-state index in [1.807, 2.05) is 0 Å². The normalized spacial score (nSPS) is 29.9. The van der Waals surface area contributed by atoms with Gasteiger partial charge in [-0.1, -0.05) is 25.6 Å². The molecule has 0 aromatic carbocycles. The van der Waals surface area contributed by atoms with Gasteiger partial charge in [0, 0.05) is 6.04 Å². The zero-order valence-electron chi connectivity index (χ0n) is 9.46. The molecule has 0 spiro atoms. The molecule has 1 aliphatic rings. The van der Waals surface area contributed by atoms with Crippen LogP contribution in [0.1, 0.15) is 26.7 Å². The van der Waals surface area contributed by atoms with Crippen molar-refractivity contribution in [2.24, 2.45) is 11.8 Å². The highest BCUT2D eigenvalue weighted by Crippen LogP contribution is 2.30. The number of amidine groups is 1. The molecule has 1 fully saturated rings. The minimum atomic E-state index is -0.249. The van der Waals surface area contributed by atoms with Crippen molar-refractivity contribution < 1.29 is 4.79 Å². The molecule has 2 amide bonds. The van der Waals surface area contributed by atoms with E-state index in [2.05, 4.69) is 24.5 Å². The number of urea groups is 1. The van der Waals surface area contributed by atoms with E-state index < -0.39 is 0 Å². The maximum absolute atomic E-state index is 11.4. The smallest absolute Gasteiger partial charge is 0.321 e. The van der Waals surface area contributed by atoms with Crippen LogP contribution in [0.3, 0.4) is 0 Å². The molecule has 1 rings (SSSR count). The van der Waals surface area contributed by atoms with E-state index in [1.165, 1.54) is 11.8 Å². The lowest BCUT2D eigenvalue weighted by molar-refractivity contribution is 0.241. The molecule has 0 heterocycles. The first kappa shape index (κ1) is 12.4. The largest absolute Gasteiger partial charge is 0.335 e. The number of amides is 2. The molecule has 15 heavy (non-hydrogen) atoms. The summed E-state index contributed by atoms with van der Waals surface area (Å²) in [5.41, 5.74) is 0. The van der Waals surface area contributed by atoms with Gasteiger partial charge in [0.25, 0.3) is 0 Å². The van der Waals surface area contributed by atoms with E-state index in [4.69, 9.17) is 5.41 Å². The Kier molecular flexibility index (Phi) is 4.45. The van der Waals surface area contributed by atoms with Crippen LogP contribution in [0.25, 0.3) is 0 Å². The van der Waals surface area contributed by atoms with E-state index in [-0.39, 0.29) is 17.2 Å². The highest BCUT2D eigenvalue weighted by atomic mass is 32.2. The van der Waals surface area contributed by atoms with Crippen LogP contribution in [0, 0.1) is 17.2 Å². The summed E-state index contributed by atoms with van der Waals surface area (Å²) >= 11 is 1.22. The summed E-state index contributed by atoms with van der Waals surface area (Å²) < 4.78 is 0. The Morgan fingerprint density at radius 3 is 2.33 bits per heavy atom. The first-order valence-corrected chi connectivity index (χ1v) is 6.45. The SMILES string of the molecule is CSC(=N)NC(=O)NC1CC(C)C(C)C1. The molecule has 3 N–H and O–H groups in total. The van der Waals surface area contributed by atoms with Gasteiger partial charge in [0.15, 0.2) is 5.17 Å². The second-order valence-corrected chi connectivity index (χ2v) is 5.07. The standard InChI is InChI=1S/C10H19N3OS/c1-6-4-8(5-7(6)2)12-10(14)13-9(11)15-3/h6-8H,4-5H2,1-3H3,(H3,11,12,13,14). The molecule has 4 nitrogen and oxygen atoms in total. The van der Waals surface area contributed by atoms with Crippen molar-refractivity contribution in [1.29, 1.82) is 5.41 Å². The van der Waals surface area contributed by atoms with Crippen LogP contribution in [0.4, 0.5) is 4.79 Å². The minimum Gasteiger partial charge on any atom is -0.335 e. The molecule has 0 saturated heterocycles. The van der Waals surface area contributed by atoms with Gasteiger partial charge in [0.05, 0.1) is 0 Å². The minimum absolute atomic E-state index is 0.187. The molecule has 0 aromatic heterocycles. The second-order valence-electron chi connectivity index (χ2n) is 4.25. The molecule has 1 aliphatic carbocycles. The Hall–Kier alpha value is -0.710. The number of rotatable bonds is 1. The summed E-state index contributed by atoms with van der Waals surface area (Å²) in [4.78, 5) is 11.4. The molecule has 86 valence electrons. The summed E-state index contributed by atoms with van der Waals surface area (Å²) in [5.74, 6) is 1.35. The van der Waals surface area contributed by atoms with Gasteiger partial charge >= 0.3 is 6.03 Å². The molecule has 1 saturated carbocycles. The Bertz CT molecular complexity index is 247. The van der Waals surface area contributed by atoms with Crippen molar-refractivity contribution >= 4 is 23.0 Å². The Labute approximate surface area is 95.1 Å². The molecule has 0 aliphatic heterocycles. The van der Waals surface area contributed by atoms with E-state index in [1.54, 1.807) is 6.26 Å². The average Bonchev–Trinajstić information content (AvgIpc) is 2.45. The fourth-order valence-corrected chi connectivity index (χ4v) is 2.15. The quantitative estimate of drug-likeness (QED) is 0.476. The molecule has 0 aromatic rings. The van der Waals surface area contributed by atoms with Crippen molar-refractivity contribution in [3.8, 4) is 0 Å². The summed E-state index contributed by atoms with van der Waals surface area (Å²) in [5, 5.41) is 12.9. The molecular weight excluding hydrogens is 210 g/mol. The summed E-state index contributed by atoms with van der Waals surface area (Å²) in [6.45, 7) is 4.43. The number of nitrogens with one attached hydrogen (secondary N) is 3. The molecule has 0 bridgehead atoms. The molecular formula is C10H19N3OS. The van der Waals surface area contributed by atoms with Gasteiger partial charge in [-0.15, -0.1) is 0 Å². The van der Waals surface area contributed by atoms with Gasteiger partial charge in [-0.05, 0) is 30.9 Å². The Morgan fingerprint density at radius 1 is 1.33 bits per heavy atom. The Balaban J connectivity index is 2.30. The van der Waals surface area contributed by atoms with Crippen molar-refractivity contribution in [2.75, 3.05) is 6.26 Å². The van der Waals surface area contributed by atoms with Crippen LogP contribution in [0.2, 0.25) is 0 Å². The lowest BCUT2D eigenvalue weighted by Gasteiger charge is -2.12. The maximum Gasteiger partial charge on any atom is 0.321 e. The predicted molar refractivity (Wildman–Crippen MR) is 64.3 cm³/mol. The second kappa shape index (κ2) is 5.39. The first-order chi connectivity index (χ1) is 7.02. The van der Waals surface area contributed by atoms with E-state index in [0.29, 0.717) is 11.8 Å². The van der Waals surface area contributed by atoms with Crippen LogP contribution >= 0.6 is 11.8 Å². The van der Waals surface area contributed by atoms with Gasteiger partial charge in [-0.3, -0.25) is 10.7 Å². The summed E-state index contributed by atoms with van der Waals surface area (Å²) in [6, 6.07) is 0.0188. The van der Waals surface area contributed by atoms with Gasteiger partial charge in [-0.2, -0.15) is 0 Å². The first-order valence-electron chi connectivity index (χ1n) is 5.23. The van der Waals surface area contributed by atoms with Crippen LogP contribution in [-0.2, 0) is 0 Å². The third kappa shape index (κ3) is 3.74. The highest BCUT2D eigenvalue weighted by molar-refractivity contribution is 8.13. The molecule has 0 radical (unpaired) electrons. The fraction of sp³-hybridized carbons (Fsp3) is 0.800. The lowest BCUT2D eigenvalue weighted by atomic mass is 10.0. The predicted octanol–water partition coefficient (Wildman–Crippen LogP) is 2.02. The number of carbonyl (C=O) groups excluding carboxylic acids is 1. The molecule has 2 unspecified atom stereocenters. The zero-order chi connectivity index (χ0) is 11.4. The van der Waals surface area contributed by atoms with Crippen LogP contribution in [0.5, 0.6) is 0 Å². The van der Waals surface area contributed by atoms with Crippen molar-refractivity contribution in [3.05, 3.63) is 0 Å². The third-order valence-corrected chi connectivity index (χ3v) is 3.56. The topological polar surface area (TPSA) is 65.0 Å². The zero-order valence-corrected chi connectivity index (χ0v) is 10.3. The van der Waals surface area contributed by atoms with Crippen molar-refractivity contribution in [2.45, 2.75) is 32.7 Å². The number of carbonyl (C=O) groups is 1. The number of hydrogen-bond donors (Lipinski definition) is 3. The third-order valence-electron chi connectivity index (χ3n) is 3.05. The van der Waals surface area contributed by atoms with Gasteiger partial charge in [0.1, 0.15) is 0 Å². The monoisotopic (exact) mass is 229 g/mol. The Morgan fingerprint density at radius 2 is 1.87 bits per heavy atom. The lowest BCUT2D eigenvalue weighted by Crippen LogP contribution is -2.42. The number of hydrogen-bond acceptors (Lipinski definition) is 3. The van der Waals surface area contributed by atoms with Gasteiger partial charge in [-0.25, -0.2) is 4.79 Å². The molecule has 2 atom stereocenters. The summed E-state index contributed by atoms with van der Waals surface area (Å²) in [7, 11) is 0. The molecule has 5 heteroatoms. The summed E-state index contributed by atoms with van der Waals surface area (Å²) in [6.07, 6.45) is 3.85. The van der Waals surface area contributed by atoms with E-state index in [9.17, 15) is 4.79 Å². The van der Waals surface area contributed by atoms with Crippen molar-refractivity contribution in [3.63, 3.8) is 0 Å². The average molecular weight is 229 g/mol. The van der Waals surface area contributed by atoms with E-state index in [0.717, 1.165) is 12.8 Å². The van der Waals surface area contributed by atoms with E-state index >= 15 is 0 Å². The highest BCUT2D eigenvalue weighted by Gasteiger charge is 2.28. The fourth-order valence-electron chi connectivity index (χ4n) is 1.95. The van der Waals surface area contributed by atoms with Gasteiger partial charge in [0.2, 0.25) is 0 Å². The maximum atomic E-state index is 11.4. The van der Waals surface area contributed by atoms with Crippen molar-refractivity contribution in [1.82, 2.24) is 10.6 Å².